The summed E-state index contributed by atoms with van der Waals surface area (Å²) in [7, 11) is -1.51. The van der Waals surface area contributed by atoms with Crippen LogP contribution >= 0.6 is 0 Å². The van der Waals surface area contributed by atoms with Gasteiger partial charge < -0.3 is 19.7 Å². The van der Waals surface area contributed by atoms with Crippen molar-refractivity contribution in [3.63, 3.8) is 0 Å². The number of amides is 2. The van der Waals surface area contributed by atoms with E-state index < -0.39 is 15.9 Å². The Hall–Kier alpha value is -1.80. The van der Waals surface area contributed by atoms with Crippen molar-refractivity contribution in [3.05, 3.63) is 29.8 Å². The molecule has 1 N–H and O–H groups in total. The molecule has 2 saturated heterocycles. The van der Waals surface area contributed by atoms with Gasteiger partial charge in [-0.05, 0) is 18.1 Å². The van der Waals surface area contributed by atoms with Crippen LogP contribution in [0.5, 0.6) is 5.75 Å². The van der Waals surface area contributed by atoms with Crippen molar-refractivity contribution in [3.8, 4) is 5.75 Å². The Bertz CT molecular complexity index is 706. The number of urea groups is 1. The summed E-state index contributed by atoms with van der Waals surface area (Å²) in [6.07, 6.45) is 0.246. The van der Waals surface area contributed by atoms with Crippen molar-refractivity contribution >= 4 is 15.9 Å². The molecule has 3 rings (SSSR count). The van der Waals surface area contributed by atoms with Crippen LogP contribution in [0, 0.1) is 0 Å². The maximum Gasteiger partial charge on any atom is 0.317 e. The van der Waals surface area contributed by atoms with Crippen molar-refractivity contribution in [2.24, 2.45) is 0 Å². The second kappa shape index (κ2) is 6.98. The number of rotatable bonds is 4. The van der Waals surface area contributed by atoms with Crippen LogP contribution in [0.4, 0.5) is 4.79 Å². The van der Waals surface area contributed by atoms with Crippen LogP contribution < -0.4 is 10.1 Å². The van der Waals surface area contributed by atoms with Gasteiger partial charge in [0.25, 0.3) is 0 Å². The molecule has 8 heteroatoms. The van der Waals surface area contributed by atoms with E-state index in [0.29, 0.717) is 26.1 Å². The molecular formula is C16H22N2O5S. The first-order valence-corrected chi connectivity index (χ1v) is 9.81. The van der Waals surface area contributed by atoms with Gasteiger partial charge in [-0.3, -0.25) is 0 Å². The largest absolute Gasteiger partial charge is 0.496 e. The quantitative estimate of drug-likeness (QED) is 0.848. The number of nitrogens with one attached hydrogen (secondary N) is 1. The number of ether oxygens (including phenoxy) is 2. The van der Waals surface area contributed by atoms with Gasteiger partial charge in [0.1, 0.15) is 5.75 Å². The second-order valence-electron chi connectivity index (χ2n) is 6.04. The van der Waals surface area contributed by atoms with Crippen LogP contribution in [0.1, 0.15) is 5.56 Å². The minimum absolute atomic E-state index is 0.00264. The molecule has 2 heterocycles. The lowest BCUT2D eigenvalue weighted by Gasteiger charge is -2.36. The molecule has 0 aliphatic carbocycles. The van der Waals surface area contributed by atoms with Gasteiger partial charge >= 0.3 is 6.03 Å². The molecule has 132 valence electrons. The molecule has 7 nitrogen and oxygen atoms in total. The van der Waals surface area contributed by atoms with Gasteiger partial charge in [-0.2, -0.15) is 0 Å². The number of morpholine rings is 1. The summed E-state index contributed by atoms with van der Waals surface area (Å²) in [4.78, 5) is 14.0. The van der Waals surface area contributed by atoms with E-state index in [4.69, 9.17) is 9.47 Å². The molecule has 0 aromatic heterocycles. The molecule has 2 unspecified atom stereocenters. The lowest BCUT2D eigenvalue weighted by molar-refractivity contribution is -0.0289. The monoisotopic (exact) mass is 354 g/mol. The number of fused-ring (bicyclic) bond motifs is 1. The van der Waals surface area contributed by atoms with Gasteiger partial charge in [0.2, 0.25) is 0 Å². The molecule has 0 saturated carbocycles. The summed E-state index contributed by atoms with van der Waals surface area (Å²) in [5, 5.41) is 2.87. The first-order valence-electron chi connectivity index (χ1n) is 7.98. The number of hydrogen-bond donors (Lipinski definition) is 1. The molecule has 2 aliphatic heterocycles. The summed E-state index contributed by atoms with van der Waals surface area (Å²) < 4.78 is 34.4. The highest BCUT2D eigenvalue weighted by atomic mass is 32.2. The zero-order valence-electron chi connectivity index (χ0n) is 13.6. The highest BCUT2D eigenvalue weighted by Crippen LogP contribution is 2.24. The fourth-order valence-electron chi connectivity index (χ4n) is 3.28. The molecule has 2 fully saturated rings. The molecule has 1 aromatic rings. The number of carbonyl (C=O) groups excluding carboxylic acids is 1. The first kappa shape index (κ1) is 17.0. The first-order chi connectivity index (χ1) is 11.5. The normalized spacial score (nSPS) is 25.1. The van der Waals surface area contributed by atoms with E-state index in [1.807, 2.05) is 24.3 Å². The van der Waals surface area contributed by atoms with Gasteiger partial charge in [-0.1, -0.05) is 18.2 Å². The number of para-hydroxylation sites is 1. The average Bonchev–Trinajstić information content (AvgIpc) is 2.88. The Morgan fingerprint density at radius 2 is 2.17 bits per heavy atom. The summed E-state index contributed by atoms with van der Waals surface area (Å²) in [6, 6.07) is 7.05. The minimum atomic E-state index is -3.13. The Balaban J connectivity index is 1.57. The standard InChI is InChI=1S/C16H22N2O5S/c1-22-14-5-3-2-4-12(14)6-7-17-16(19)18-8-9-23-15-11-24(20,21)10-13(15)18/h2-5,13,15H,6-11H2,1H3,(H,17,19). The Morgan fingerprint density at radius 1 is 1.38 bits per heavy atom. The smallest absolute Gasteiger partial charge is 0.317 e. The Kier molecular flexibility index (Phi) is 4.96. The van der Waals surface area contributed by atoms with Crippen LogP contribution in [0.3, 0.4) is 0 Å². The van der Waals surface area contributed by atoms with E-state index in [1.54, 1.807) is 12.0 Å². The number of hydrogen-bond acceptors (Lipinski definition) is 5. The molecule has 0 bridgehead atoms. The molecule has 2 amide bonds. The molecule has 2 atom stereocenters. The molecule has 1 aromatic carbocycles. The highest BCUT2D eigenvalue weighted by molar-refractivity contribution is 7.91. The van der Waals surface area contributed by atoms with E-state index in [1.165, 1.54) is 0 Å². The van der Waals surface area contributed by atoms with Gasteiger partial charge in [0.05, 0.1) is 37.4 Å². The van der Waals surface area contributed by atoms with Crippen molar-refractivity contribution in [1.29, 1.82) is 0 Å². The van der Waals surface area contributed by atoms with Crippen molar-refractivity contribution in [1.82, 2.24) is 10.2 Å². The highest BCUT2D eigenvalue weighted by Gasteiger charge is 2.45. The van der Waals surface area contributed by atoms with E-state index in [9.17, 15) is 13.2 Å². The topological polar surface area (TPSA) is 84.9 Å². The number of sulfone groups is 1. The Labute approximate surface area is 141 Å². The van der Waals surface area contributed by atoms with E-state index in [-0.39, 0.29) is 23.6 Å². The van der Waals surface area contributed by atoms with Crippen LogP contribution in [0.2, 0.25) is 0 Å². The van der Waals surface area contributed by atoms with E-state index >= 15 is 0 Å². The molecule has 24 heavy (non-hydrogen) atoms. The third-order valence-corrected chi connectivity index (χ3v) is 6.15. The number of carbonyl (C=O) groups is 1. The third-order valence-electron chi connectivity index (χ3n) is 4.46. The van der Waals surface area contributed by atoms with E-state index in [0.717, 1.165) is 11.3 Å². The van der Waals surface area contributed by atoms with Gasteiger partial charge in [0, 0.05) is 13.1 Å². The fraction of sp³-hybridized carbons (Fsp3) is 0.562. The minimum Gasteiger partial charge on any atom is -0.496 e. The average molecular weight is 354 g/mol. The summed E-state index contributed by atoms with van der Waals surface area (Å²) >= 11 is 0. The number of benzene rings is 1. The van der Waals surface area contributed by atoms with E-state index in [2.05, 4.69) is 5.32 Å². The van der Waals surface area contributed by atoms with Crippen LogP contribution in [0.15, 0.2) is 24.3 Å². The summed E-state index contributed by atoms with van der Waals surface area (Å²) in [5.74, 6) is 0.778. The summed E-state index contributed by atoms with van der Waals surface area (Å²) in [6.45, 7) is 1.24. The van der Waals surface area contributed by atoms with Crippen molar-refractivity contribution < 1.29 is 22.7 Å². The maximum atomic E-state index is 12.4. The number of methoxy groups -OCH3 is 1. The van der Waals surface area contributed by atoms with Gasteiger partial charge in [0.15, 0.2) is 9.84 Å². The zero-order valence-corrected chi connectivity index (χ0v) is 14.4. The van der Waals surface area contributed by atoms with Crippen LogP contribution in [0.25, 0.3) is 0 Å². The van der Waals surface area contributed by atoms with Crippen molar-refractivity contribution in [2.45, 2.75) is 18.6 Å². The summed E-state index contributed by atoms with van der Waals surface area (Å²) in [5.41, 5.74) is 1.02. The lowest BCUT2D eigenvalue weighted by atomic mass is 10.1. The van der Waals surface area contributed by atoms with Gasteiger partial charge in [-0.15, -0.1) is 0 Å². The number of nitrogens with zero attached hydrogens (tertiary/aromatic N) is 1. The second-order valence-corrected chi connectivity index (χ2v) is 8.19. The maximum absolute atomic E-state index is 12.4. The van der Waals surface area contributed by atoms with Crippen LogP contribution in [-0.4, -0.2) is 69.8 Å². The fourth-order valence-corrected chi connectivity index (χ4v) is 5.15. The molecule has 0 radical (unpaired) electrons. The predicted molar refractivity (Wildman–Crippen MR) is 89.0 cm³/mol. The Morgan fingerprint density at radius 3 is 2.96 bits per heavy atom. The molecular weight excluding hydrogens is 332 g/mol. The van der Waals surface area contributed by atoms with Gasteiger partial charge in [-0.25, -0.2) is 13.2 Å². The molecule has 2 aliphatic rings. The zero-order chi connectivity index (χ0) is 17.2. The predicted octanol–water partition coefficient (Wildman–Crippen LogP) is 0.445. The third kappa shape index (κ3) is 3.64. The van der Waals surface area contributed by atoms with Crippen LogP contribution in [-0.2, 0) is 21.0 Å². The SMILES string of the molecule is COc1ccccc1CCNC(=O)N1CCOC2CS(=O)(=O)CC21. The lowest BCUT2D eigenvalue weighted by Crippen LogP contribution is -2.56. The van der Waals surface area contributed by atoms with Crippen molar-refractivity contribution in [2.75, 3.05) is 38.3 Å². The molecule has 0 spiro atoms.